The topological polar surface area (TPSA) is 84.0 Å². The molecule has 1 aliphatic heterocycles. The van der Waals surface area contributed by atoms with Crippen LogP contribution in [0.4, 0.5) is 0 Å². The summed E-state index contributed by atoms with van der Waals surface area (Å²) in [5.41, 5.74) is 0.426. The summed E-state index contributed by atoms with van der Waals surface area (Å²) in [7, 11) is -3.53. The van der Waals surface area contributed by atoms with Gasteiger partial charge in [0.1, 0.15) is 0 Å². The first kappa shape index (κ1) is 13.4. The lowest BCUT2D eigenvalue weighted by Gasteiger charge is -2.22. The maximum atomic E-state index is 12.1. The summed E-state index contributed by atoms with van der Waals surface area (Å²) in [6.45, 7) is 4.03. The van der Waals surface area contributed by atoms with E-state index in [-0.39, 0.29) is 5.03 Å². The molecule has 0 amide bonds. The molecule has 0 aromatic carbocycles. The SMILES string of the molecule is Cc1nccnc1S(=O)(=O)NCC1CCNCC1. The van der Waals surface area contributed by atoms with E-state index in [0.717, 1.165) is 25.9 Å². The van der Waals surface area contributed by atoms with Crippen LogP contribution in [0.15, 0.2) is 17.4 Å². The molecule has 1 fully saturated rings. The summed E-state index contributed by atoms with van der Waals surface area (Å²) in [5, 5.41) is 3.28. The Hall–Kier alpha value is -1.05. The fraction of sp³-hybridized carbons (Fsp3) is 0.636. The lowest BCUT2D eigenvalue weighted by Crippen LogP contribution is -2.36. The second-order valence-electron chi connectivity index (χ2n) is 4.49. The maximum absolute atomic E-state index is 12.1. The van der Waals surface area contributed by atoms with Crippen LogP contribution in [-0.2, 0) is 10.0 Å². The third kappa shape index (κ3) is 3.24. The lowest BCUT2D eigenvalue weighted by molar-refractivity contribution is 0.372. The number of nitrogens with zero attached hydrogens (tertiary/aromatic N) is 2. The standard InChI is InChI=1S/C11H18N4O2S/c1-9-11(14-7-6-13-9)18(16,17)15-8-10-2-4-12-5-3-10/h6-7,10,12,15H,2-5,8H2,1H3. The zero-order valence-electron chi connectivity index (χ0n) is 10.4. The summed E-state index contributed by atoms with van der Waals surface area (Å²) in [4.78, 5) is 7.84. The molecule has 100 valence electrons. The van der Waals surface area contributed by atoms with Gasteiger partial charge in [-0.3, -0.25) is 4.98 Å². The van der Waals surface area contributed by atoms with Gasteiger partial charge < -0.3 is 5.32 Å². The van der Waals surface area contributed by atoms with Crippen LogP contribution in [0.5, 0.6) is 0 Å². The van der Waals surface area contributed by atoms with Gasteiger partial charge in [0.05, 0.1) is 5.69 Å². The van der Waals surface area contributed by atoms with Gasteiger partial charge in [-0.05, 0) is 38.8 Å². The predicted molar refractivity (Wildman–Crippen MR) is 67.6 cm³/mol. The van der Waals surface area contributed by atoms with E-state index >= 15 is 0 Å². The molecule has 2 heterocycles. The average molecular weight is 270 g/mol. The zero-order valence-corrected chi connectivity index (χ0v) is 11.2. The highest BCUT2D eigenvalue weighted by Crippen LogP contribution is 2.13. The Morgan fingerprint density at radius 3 is 2.67 bits per heavy atom. The summed E-state index contributed by atoms with van der Waals surface area (Å²) >= 11 is 0. The molecule has 1 aliphatic rings. The molecule has 7 heteroatoms. The van der Waals surface area contributed by atoms with Crippen molar-refractivity contribution in [2.24, 2.45) is 5.92 Å². The molecule has 0 atom stereocenters. The number of aromatic nitrogens is 2. The lowest BCUT2D eigenvalue weighted by atomic mass is 9.99. The first-order valence-electron chi connectivity index (χ1n) is 6.07. The Labute approximate surface area is 107 Å². The Morgan fingerprint density at radius 1 is 1.33 bits per heavy atom. The first-order valence-corrected chi connectivity index (χ1v) is 7.56. The van der Waals surface area contributed by atoms with Crippen LogP contribution < -0.4 is 10.0 Å². The van der Waals surface area contributed by atoms with Crippen molar-refractivity contribution in [3.8, 4) is 0 Å². The number of sulfonamides is 1. The van der Waals surface area contributed by atoms with Gasteiger partial charge in [0, 0.05) is 18.9 Å². The molecular formula is C11H18N4O2S. The predicted octanol–water partition coefficient (Wildman–Crippen LogP) is 0.0629. The zero-order chi connectivity index (χ0) is 13.0. The minimum atomic E-state index is -3.53. The van der Waals surface area contributed by atoms with Crippen LogP contribution in [-0.4, -0.2) is 38.0 Å². The molecule has 6 nitrogen and oxygen atoms in total. The van der Waals surface area contributed by atoms with Crippen molar-refractivity contribution < 1.29 is 8.42 Å². The van der Waals surface area contributed by atoms with Crippen molar-refractivity contribution in [3.05, 3.63) is 18.1 Å². The Bertz CT molecular complexity index is 498. The van der Waals surface area contributed by atoms with Gasteiger partial charge in [-0.1, -0.05) is 0 Å². The van der Waals surface area contributed by atoms with Crippen LogP contribution in [0.3, 0.4) is 0 Å². The summed E-state index contributed by atoms with van der Waals surface area (Å²) in [6, 6.07) is 0. The van der Waals surface area contributed by atoms with Crippen molar-refractivity contribution >= 4 is 10.0 Å². The van der Waals surface area contributed by atoms with Crippen molar-refractivity contribution in [3.63, 3.8) is 0 Å². The first-order chi connectivity index (χ1) is 8.59. The molecule has 1 aromatic heterocycles. The van der Waals surface area contributed by atoms with Gasteiger partial charge in [0.15, 0.2) is 5.03 Å². The Balaban J connectivity index is 2.01. The van der Waals surface area contributed by atoms with Gasteiger partial charge in [0.2, 0.25) is 0 Å². The van der Waals surface area contributed by atoms with Gasteiger partial charge >= 0.3 is 0 Å². The maximum Gasteiger partial charge on any atom is 0.259 e. The van der Waals surface area contributed by atoms with E-state index in [1.165, 1.54) is 12.4 Å². The quantitative estimate of drug-likeness (QED) is 0.808. The fourth-order valence-corrected chi connectivity index (χ4v) is 3.27. The normalized spacial score (nSPS) is 17.8. The highest BCUT2D eigenvalue weighted by molar-refractivity contribution is 7.89. The largest absolute Gasteiger partial charge is 0.317 e. The molecule has 2 N–H and O–H groups in total. The molecule has 1 aromatic rings. The number of hydrogen-bond donors (Lipinski definition) is 2. The van der Waals surface area contributed by atoms with Gasteiger partial charge in [-0.15, -0.1) is 0 Å². The number of rotatable bonds is 4. The van der Waals surface area contributed by atoms with E-state index in [2.05, 4.69) is 20.0 Å². The number of nitrogens with one attached hydrogen (secondary N) is 2. The number of aryl methyl sites for hydroxylation is 1. The highest BCUT2D eigenvalue weighted by atomic mass is 32.2. The monoisotopic (exact) mass is 270 g/mol. The van der Waals surface area contributed by atoms with E-state index in [9.17, 15) is 8.42 Å². The van der Waals surface area contributed by atoms with E-state index in [4.69, 9.17) is 0 Å². The molecule has 0 unspecified atom stereocenters. The second kappa shape index (κ2) is 5.73. The molecule has 1 saturated heterocycles. The summed E-state index contributed by atoms with van der Waals surface area (Å²) < 4.78 is 26.8. The van der Waals surface area contributed by atoms with Gasteiger partial charge in [-0.2, -0.15) is 0 Å². The van der Waals surface area contributed by atoms with Crippen molar-refractivity contribution in [2.45, 2.75) is 24.8 Å². The highest BCUT2D eigenvalue weighted by Gasteiger charge is 2.21. The molecular weight excluding hydrogens is 252 g/mol. The summed E-state index contributed by atoms with van der Waals surface area (Å²) in [6.07, 6.45) is 4.89. The second-order valence-corrected chi connectivity index (χ2v) is 6.17. The molecule has 2 rings (SSSR count). The minimum absolute atomic E-state index is 0.0268. The molecule has 0 radical (unpaired) electrons. The smallest absolute Gasteiger partial charge is 0.259 e. The summed E-state index contributed by atoms with van der Waals surface area (Å²) in [5.74, 6) is 0.401. The number of piperidine rings is 1. The fourth-order valence-electron chi connectivity index (χ4n) is 2.04. The van der Waals surface area contributed by atoms with Crippen LogP contribution in [0.25, 0.3) is 0 Å². The Morgan fingerprint density at radius 2 is 2.00 bits per heavy atom. The van der Waals surface area contributed by atoms with Crippen molar-refractivity contribution in [1.29, 1.82) is 0 Å². The van der Waals surface area contributed by atoms with Gasteiger partial charge in [-0.25, -0.2) is 18.1 Å². The third-order valence-electron chi connectivity index (χ3n) is 3.11. The number of hydrogen-bond acceptors (Lipinski definition) is 5. The molecule has 0 spiro atoms. The average Bonchev–Trinajstić information content (AvgIpc) is 2.38. The van der Waals surface area contributed by atoms with Crippen LogP contribution in [0.1, 0.15) is 18.5 Å². The van der Waals surface area contributed by atoms with Gasteiger partial charge in [0.25, 0.3) is 10.0 Å². The molecule has 0 bridgehead atoms. The Kier molecular flexibility index (Phi) is 4.26. The van der Waals surface area contributed by atoms with E-state index in [1.807, 2.05) is 0 Å². The van der Waals surface area contributed by atoms with Crippen LogP contribution in [0, 0.1) is 12.8 Å². The molecule has 0 saturated carbocycles. The minimum Gasteiger partial charge on any atom is -0.317 e. The molecule has 0 aliphatic carbocycles. The van der Waals surface area contributed by atoms with Crippen molar-refractivity contribution in [1.82, 2.24) is 20.0 Å². The molecule has 18 heavy (non-hydrogen) atoms. The third-order valence-corrected chi connectivity index (χ3v) is 4.57. The van der Waals surface area contributed by atoms with Crippen molar-refractivity contribution in [2.75, 3.05) is 19.6 Å². The van der Waals surface area contributed by atoms with E-state index in [0.29, 0.717) is 18.2 Å². The van der Waals surface area contributed by atoms with E-state index in [1.54, 1.807) is 6.92 Å². The van der Waals surface area contributed by atoms with Crippen LogP contribution >= 0.6 is 0 Å². The van der Waals surface area contributed by atoms with E-state index < -0.39 is 10.0 Å². The van der Waals surface area contributed by atoms with Crippen LogP contribution in [0.2, 0.25) is 0 Å².